The van der Waals surface area contributed by atoms with Gasteiger partial charge in [-0.1, -0.05) is 12.1 Å². The van der Waals surface area contributed by atoms with Gasteiger partial charge in [0.1, 0.15) is 0 Å². The standard InChI is InChI=1S/C14H21BrN4O/c1-2-5-18-6-8-19(9-7-18)11-3-4-12(13(15)10-11)14(16)17-20/h3-4,10,20H,2,5-9H2,1H3,(H2,16,17). The van der Waals surface area contributed by atoms with Crippen LogP contribution in [0.2, 0.25) is 0 Å². The molecule has 1 aliphatic rings. The molecule has 0 saturated carbocycles. The Bertz CT molecular complexity index is 484. The van der Waals surface area contributed by atoms with Crippen LogP contribution in [0.5, 0.6) is 0 Å². The molecular weight excluding hydrogens is 320 g/mol. The third-order valence-corrected chi connectivity index (χ3v) is 4.27. The van der Waals surface area contributed by atoms with Gasteiger partial charge in [-0.3, -0.25) is 4.90 Å². The van der Waals surface area contributed by atoms with Crippen molar-refractivity contribution in [3.05, 3.63) is 28.2 Å². The first-order valence-electron chi connectivity index (χ1n) is 6.90. The molecule has 1 aromatic rings. The summed E-state index contributed by atoms with van der Waals surface area (Å²) in [5, 5.41) is 11.8. The van der Waals surface area contributed by atoms with Crippen molar-refractivity contribution in [3.63, 3.8) is 0 Å². The maximum absolute atomic E-state index is 8.74. The Morgan fingerprint density at radius 1 is 1.35 bits per heavy atom. The SMILES string of the molecule is CCCN1CCN(c2ccc(/C(N)=N/O)c(Br)c2)CC1. The van der Waals surface area contributed by atoms with Crippen LogP contribution in [-0.2, 0) is 0 Å². The first kappa shape index (κ1) is 15.1. The zero-order valence-corrected chi connectivity index (χ0v) is 13.3. The van der Waals surface area contributed by atoms with Crippen LogP contribution in [0.15, 0.2) is 27.8 Å². The molecule has 0 amide bonds. The minimum atomic E-state index is 0.121. The molecule has 1 aliphatic heterocycles. The highest BCUT2D eigenvalue weighted by Gasteiger charge is 2.17. The number of nitrogens with two attached hydrogens (primary N) is 1. The first-order chi connectivity index (χ1) is 9.65. The van der Waals surface area contributed by atoms with E-state index in [4.69, 9.17) is 10.9 Å². The summed E-state index contributed by atoms with van der Waals surface area (Å²) in [5.41, 5.74) is 7.50. The molecule has 1 saturated heterocycles. The van der Waals surface area contributed by atoms with Crippen molar-refractivity contribution in [2.45, 2.75) is 13.3 Å². The number of hydrogen-bond acceptors (Lipinski definition) is 4. The Kier molecular flexibility index (Phi) is 5.25. The molecule has 3 N–H and O–H groups in total. The van der Waals surface area contributed by atoms with Gasteiger partial charge in [0.25, 0.3) is 0 Å². The fraction of sp³-hybridized carbons (Fsp3) is 0.500. The summed E-state index contributed by atoms with van der Waals surface area (Å²) in [6.07, 6.45) is 1.21. The van der Waals surface area contributed by atoms with Crippen molar-refractivity contribution in [1.29, 1.82) is 0 Å². The molecule has 0 atom stereocenters. The fourth-order valence-electron chi connectivity index (χ4n) is 2.51. The second kappa shape index (κ2) is 6.95. The zero-order valence-electron chi connectivity index (χ0n) is 11.7. The molecule has 0 aromatic heterocycles. The smallest absolute Gasteiger partial charge is 0.171 e. The van der Waals surface area contributed by atoms with Crippen LogP contribution in [0.3, 0.4) is 0 Å². The predicted octanol–water partition coefficient (Wildman–Crippen LogP) is 2.08. The van der Waals surface area contributed by atoms with Crippen molar-refractivity contribution in [1.82, 2.24) is 4.90 Å². The van der Waals surface area contributed by atoms with Gasteiger partial charge in [0.05, 0.1) is 0 Å². The van der Waals surface area contributed by atoms with Gasteiger partial charge in [0.2, 0.25) is 0 Å². The first-order valence-corrected chi connectivity index (χ1v) is 7.69. The number of amidine groups is 1. The number of hydrogen-bond donors (Lipinski definition) is 2. The maximum Gasteiger partial charge on any atom is 0.171 e. The van der Waals surface area contributed by atoms with E-state index in [-0.39, 0.29) is 5.84 Å². The largest absolute Gasteiger partial charge is 0.409 e. The van der Waals surface area contributed by atoms with Crippen LogP contribution in [0.25, 0.3) is 0 Å². The van der Waals surface area contributed by atoms with E-state index in [2.05, 4.69) is 37.8 Å². The van der Waals surface area contributed by atoms with Crippen molar-refractivity contribution >= 4 is 27.5 Å². The van der Waals surface area contributed by atoms with Gasteiger partial charge < -0.3 is 15.8 Å². The Morgan fingerprint density at radius 3 is 2.60 bits per heavy atom. The fourth-order valence-corrected chi connectivity index (χ4v) is 3.08. The average Bonchev–Trinajstić information content (AvgIpc) is 2.47. The summed E-state index contributed by atoms with van der Waals surface area (Å²) in [7, 11) is 0. The number of rotatable bonds is 4. The lowest BCUT2D eigenvalue weighted by molar-refractivity contribution is 0.258. The second-order valence-corrected chi connectivity index (χ2v) is 5.83. The van der Waals surface area contributed by atoms with Gasteiger partial charge in [-0.15, -0.1) is 0 Å². The minimum Gasteiger partial charge on any atom is -0.409 e. The topological polar surface area (TPSA) is 65.1 Å². The summed E-state index contributed by atoms with van der Waals surface area (Å²) in [5.74, 6) is 0.121. The van der Waals surface area contributed by atoms with E-state index in [9.17, 15) is 0 Å². The van der Waals surface area contributed by atoms with E-state index in [0.29, 0.717) is 5.56 Å². The Hall–Kier alpha value is -1.27. The molecule has 6 heteroatoms. The lowest BCUT2D eigenvalue weighted by Gasteiger charge is -2.36. The summed E-state index contributed by atoms with van der Waals surface area (Å²) in [6.45, 7) is 7.68. The number of piperazine rings is 1. The molecule has 110 valence electrons. The number of benzene rings is 1. The van der Waals surface area contributed by atoms with E-state index in [0.717, 1.165) is 30.7 Å². The van der Waals surface area contributed by atoms with E-state index in [1.54, 1.807) is 0 Å². The third-order valence-electron chi connectivity index (χ3n) is 3.61. The summed E-state index contributed by atoms with van der Waals surface area (Å²) in [6, 6.07) is 5.93. The quantitative estimate of drug-likeness (QED) is 0.381. The lowest BCUT2D eigenvalue weighted by atomic mass is 10.1. The lowest BCUT2D eigenvalue weighted by Crippen LogP contribution is -2.46. The van der Waals surface area contributed by atoms with Crippen LogP contribution in [0.4, 0.5) is 5.69 Å². The molecule has 2 rings (SSSR count). The predicted molar refractivity (Wildman–Crippen MR) is 85.6 cm³/mol. The van der Waals surface area contributed by atoms with Gasteiger partial charge in [-0.25, -0.2) is 0 Å². The zero-order chi connectivity index (χ0) is 14.5. The van der Waals surface area contributed by atoms with E-state index in [1.807, 2.05) is 18.2 Å². The van der Waals surface area contributed by atoms with Crippen LogP contribution in [0.1, 0.15) is 18.9 Å². The highest BCUT2D eigenvalue weighted by molar-refractivity contribution is 9.10. The van der Waals surface area contributed by atoms with Gasteiger partial charge in [-0.2, -0.15) is 0 Å². The van der Waals surface area contributed by atoms with E-state index < -0.39 is 0 Å². The highest BCUT2D eigenvalue weighted by Crippen LogP contribution is 2.25. The third kappa shape index (κ3) is 3.43. The van der Waals surface area contributed by atoms with Crippen molar-refractivity contribution < 1.29 is 5.21 Å². The van der Waals surface area contributed by atoms with Crippen LogP contribution in [0, 0.1) is 0 Å². The van der Waals surface area contributed by atoms with Crippen molar-refractivity contribution in [2.75, 3.05) is 37.6 Å². The molecule has 0 radical (unpaired) electrons. The van der Waals surface area contributed by atoms with Crippen molar-refractivity contribution in [2.24, 2.45) is 10.9 Å². The molecule has 0 aliphatic carbocycles. The molecule has 0 bridgehead atoms. The summed E-state index contributed by atoms with van der Waals surface area (Å²) < 4.78 is 0.848. The van der Waals surface area contributed by atoms with Gasteiger partial charge in [0, 0.05) is 41.9 Å². The second-order valence-electron chi connectivity index (χ2n) is 4.98. The number of halogens is 1. The minimum absolute atomic E-state index is 0.121. The molecule has 1 fully saturated rings. The van der Waals surface area contributed by atoms with Crippen LogP contribution >= 0.6 is 15.9 Å². The van der Waals surface area contributed by atoms with E-state index >= 15 is 0 Å². The van der Waals surface area contributed by atoms with Gasteiger partial charge in [-0.05, 0) is 47.1 Å². The van der Waals surface area contributed by atoms with Crippen molar-refractivity contribution in [3.8, 4) is 0 Å². The Labute approximate surface area is 128 Å². The van der Waals surface area contributed by atoms with Gasteiger partial charge in [0.15, 0.2) is 5.84 Å². The van der Waals surface area contributed by atoms with Crippen LogP contribution < -0.4 is 10.6 Å². The molecule has 0 spiro atoms. The monoisotopic (exact) mass is 340 g/mol. The molecule has 1 heterocycles. The maximum atomic E-state index is 8.74. The Balaban J connectivity index is 2.06. The van der Waals surface area contributed by atoms with Crippen LogP contribution in [-0.4, -0.2) is 48.7 Å². The van der Waals surface area contributed by atoms with Gasteiger partial charge >= 0.3 is 0 Å². The molecule has 20 heavy (non-hydrogen) atoms. The molecule has 0 unspecified atom stereocenters. The number of oxime groups is 1. The normalized spacial score (nSPS) is 17.5. The summed E-state index contributed by atoms with van der Waals surface area (Å²) in [4.78, 5) is 4.86. The van der Waals surface area contributed by atoms with E-state index in [1.165, 1.54) is 18.7 Å². The molecule has 1 aromatic carbocycles. The molecule has 5 nitrogen and oxygen atoms in total. The number of anilines is 1. The Morgan fingerprint density at radius 2 is 2.05 bits per heavy atom. The summed E-state index contributed by atoms with van der Waals surface area (Å²) >= 11 is 3.48. The highest BCUT2D eigenvalue weighted by atomic mass is 79.9. The average molecular weight is 341 g/mol. The molecular formula is C14H21BrN4O. The number of nitrogens with zero attached hydrogens (tertiary/aromatic N) is 3.